The van der Waals surface area contributed by atoms with Crippen molar-refractivity contribution in [2.24, 2.45) is 0 Å². The first-order chi connectivity index (χ1) is 9.02. The molecule has 0 unspecified atom stereocenters. The maximum absolute atomic E-state index is 11.4. The van der Waals surface area contributed by atoms with Crippen LogP contribution in [0.15, 0.2) is 24.3 Å². The largest absolute Gasteiger partial charge is 0.336 e. The van der Waals surface area contributed by atoms with Gasteiger partial charge in [0.05, 0.1) is 7.11 Å². The lowest BCUT2D eigenvalue weighted by molar-refractivity contribution is 0.0537. The normalized spacial score (nSPS) is 10.1. The number of nitrogens with one attached hydrogen (secondary N) is 3. The van der Waals surface area contributed by atoms with E-state index < -0.39 is 0 Å². The van der Waals surface area contributed by atoms with E-state index in [0.29, 0.717) is 12.1 Å². The topological polar surface area (TPSA) is 79.5 Å². The summed E-state index contributed by atoms with van der Waals surface area (Å²) >= 11 is 0. The van der Waals surface area contributed by atoms with Crippen LogP contribution in [-0.4, -0.2) is 25.1 Å². The van der Waals surface area contributed by atoms with Gasteiger partial charge in [0.1, 0.15) is 0 Å². The number of urea groups is 1. The number of hydroxylamine groups is 1. The Hall–Kier alpha value is -2.08. The molecule has 0 heterocycles. The van der Waals surface area contributed by atoms with E-state index in [9.17, 15) is 9.59 Å². The monoisotopic (exact) mass is 265 g/mol. The van der Waals surface area contributed by atoms with Crippen LogP contribution in [0.25, 0.3) is 0 Å². The van der Waals surface area contributed by atoms with E-state index >= 15 is 0 Å². The number of carbonyl (C=O) groups is 2. The van der Waals surface area contributed by atoms with E-state index in [2.05, 4.69) is 21.0 Å². The summed E-state index contributed by atoms with van der Waals surface area (Å²) in [5, 5.41) is 5.46. The summed E-state index contributed by atoms with van der Waals surface area (Å²) in [4.78, 5) is 27.4. The van der Waals surface area contributed by atoms with Crippen molar-refractivity contribution >= 4 is 11.9 Å². The highest BCUT2D eigenvalue weighted by molar-refractivity contribution is 5.93. The quantitative estimate of drug-likeness (QED) is 0.700. The molecular weight excluding hydrogens is 246 g/mol. The van der Waals surface area contributed by atoms with Gasteiger partial charge in [0.2, 0.25) is 0 Å². The van der Waals surface area contributed by atoms with Crippen molar-refractivity contribution in [1.29, 1.82) is 0 Å². The standard InChI is InChI=1S/C13H19N3O3/c1-9(2)15-13(18)14-8-10-4-6-11(7-5-10)12(17)16-19-3/h4-7,9H,8H2,1-3H3,(H,16,17)(H2,14,15,18). The molecule has 6 heteroatoms. The highest BCUT2D eigenvalue weighted by atomic mass is 16.6. The van der Waals surface area contributed by atoms with Crippen molar-refractivity contribution in [2.45, 2.75) is 26.4 Å². The first-order valence-corrected chi connectivity index (χ1v) is 5.99. The summed E-state index contributed by atoms with van der Waals surface area (Å²) in [6, 6.07) is 6.79. The summed E-state index contributed by atoms with van der Waals surface area (Å²) < 4.78 is 0. The lowest BCUT2D eigenvalue weighted by atomic mass is 10.1. The molecule has 0 bridgehead atoms. The molecule has 0 aliphatic heterocycles. The molecule has 1 rings (SSSR count). The third kappa shape index (κ3) is 5.39. The lowest BCUT2D eigenvalue weighted by Crippen LogP contribution is -2.39. The average molecular weight is 265 g/mol. The van der Waals surface area contributed by atoms with E-state index in [0.717, 1.165) is 5.56 Å². The second kappa shape index (κ2) is 7.38. The smallest absolute Gasteiger partial charge is 0.315 e. The molecule has 19 heavy (non-hydrogen) atoms. The fourth-order valence-electron chi connectivity index (χ4n) is 1.42. The molecule has 0 spiro atoms. The minimum Gasteiger partial charge on any atom is -0.336 e. The van der Waals surface area contributed by atoms with Gasteiger partial charge < -0.3 is 10.6 Å². The third-order valence-corrected chi connectivity index (χ3v) is 2.28. The summed E-state index contributed by atoms with van der Waals surface area (Å²) in [5.41, 5.74) is 3.64. The van der Waals surface area contributed by atoms with Crippen LogP contribution in [0.1, 0.15) is 29.8 Å². The second-order valence-corrected chi connectivity index (χ2v) is 4.31. The van der Waals surface area contributed by atoms with Crippen molar-refractivity contribution < 1.29 is 14.4 Å². The Bertz CT molecular complexity index is 429. The Morgan fingerprint density at radius 1 is 1.21 bits per heavy atom. The highest BCUT2D eigenvalue weighted by Gasteiger charge is 2.05. The Kier molecular flexibility index (Phi) is 5.81. The number of hydrogen-bond donors (Lipinski definition) is 3. The van der Waals surface area contributed by atoms with E-state index in [1.165, 1.54) is 7.11 Å². The fraction of sp³-hybridized carbons (Fsp3) is 0.385. The van der Waals surface area contributed by atoms with Crippen LogP contribution < -0.4 is 16.1 Å². The van der Waals surface area contributed by atoms with E-state index in [-0.39, 0.29) is 18.0 Å². The van der Waals surface area contributed by atoms with Gasteiger partial charge in [-0.15, -0.1) is 0 Å². The molecule has 1 aromatic carbocycles. The molecule has 0 saturated carbocycles. The third-order valence-electron chi connectivity index (χ3n) is 2.28. The van der Waals surface area contributed by atoms with Crippen molar-refractivity contribution in [3.8, 4) is 0 Å². The molecule has 104 valence electrons. The molecular formula is C13H19N3O3. The fourth-order valence-corrected chi connectivity index (χ4v) is 1.42. The van der Waals surface area contributed by atoms with Gasteiger partial charge in [0.25, 0.3) is 5.91 Å². The van der Waals surface area contributed by atoms with Crippen molar-refractivity contribution in [1.82, 2.24) is 16.1 Å². The van der Waals surface area contributed by atoms with Crippen LogP contribution in [0.4, 0.5) is 4.79 Å². The molecule has 0 aliphatic carbocycles. The SMILES string of the molecule is CONC(=O)c1ccc(CNC(=O)NC(C)C)cc1. The molecule has 0 radical (unpaired) electrons. The Morgan fingerprint density at radius 3 is 2.37 bits per heavy atom. The predicted octanol–water partition coefficient (Wildman–Crippen LogP) is 1.19. The maximum atomic E-state index is 11.4. The van der Waals surface area contributed by atoms with Crippen LogP contribution in [0.2, 0.25) is 0 Å². The minimum absolute atomic E-state index is 0.0973. The van der Waals surface area contributed by atoms with Crippen LogP contribution in [0.3, 0.4) is 0 Å². The van der Waals surface area contributed by atoms with Crippen LogP contribution in [0.5, 0.6) is 0 Å². The van der Waals surface area contributed by atoms with Crippen molar-refractivity contribution in [3.05, 3.63) is 35.4 Å². The van der Waals surface area contributed by atoms with Crippen molar-refractivity contribution in [3.63, 3.8) is 0 Å². The predicted molar refractivity (Wildman–Crippen MR) is 71.4 cm³/mol. The van der Waals surface area contributed by atoms with Gasteiger partial charge in [-0.2, -0.15) is 0 Å². The number of rotatable bonds is 5. The molecule has 0 aromatic heterocycles. The van der Waals surface area contributed by atoms with E-state index in [1.807, 2.05) is 13.8 Å². The first kappa shape index (κ1) is 15.0. The number of carbonyl (C=O) groups excluding carboxylic acids is 2. The molecule has 6 nitrogen and oxygen atoms in total. The van der Waals surface area contributed by atoms with Gasteiger partial charge >= 0.3 is 6.03 Å². The average Bonchev–Trinajstić information content (AvgIpc) is 2.36. The minimum atomic E-state index is -0.306. The summed E-state index contributed by atoms with van der Waals surface area (Å²) in [5.74, 6) is -0.306. The van der Waals surface area contributed by atoms with Crippen LogP contribution in [0, 0.1) is 0 Å². The Labute approximate surface area is 112 Å². The van der Waals surface area contributed by atoms with Crippen LogP contribution >= 0.6 is 0 Å². The Morgan fingerprint density at radius 2 is 1.84 bits per heavy atom. The highest BCUT2D eigenvalue weighted by Crippen LogP contribution is 2.04. The zero-order valence-electron chi connectivity index (χ0n) is 11.3. The number of hydrogen-bond acceptors (Lipinski definition) is 3. The molecule has 0 aliphatic rings. The summed E-state index contributed by atoms with van der Waals surface area (Å²) in [6.45, 7) is 4.19. The number of benzene rings is 1. The first-order valence-electron chi connectivity index (χ1n) is 5.99. The number of amides is 3. The van der Waals surface area contributed by atoms with Gasteiger partial charge in [0.15, 0.2) is 0 Å². The molecule has 0 fully saturated rings. The zero-order valence-corrected chi connectivity index (χ0v) is 11.3. The van der Waals surface area contributed by atoms with Gasteiger partial charge in [-0.3, -0.25) is 9.63 Å². The van der Waals surface area contributed by atoms with Gasteiger partial charge in [0, 0.05) is 18.2 Å². The lowest BCUT2D eigenvalue weighted by Gasteiger charge is -2.10. The van der Waals surface area contributed by atoms with Crippen molar-refractivity contribution in [2.75, 3.05) is 7.11 Å². The second-order valence-electron chi connectivity index (χ2n) is 4.31. The molecule has 3 N–H and O–H groups in total. The van der Waals surface area contributed by atoms with Crippen LogP contribution in [-0.2, 0) is 11.4 Å². The molecule has 1 aromatic rings. The molecule has 0 atom stereocenters. The zero-order chi connectivity index (χ0) is 14.3. The summed E-state index contributed by atoms with van der Waals surface area (Å²) in [7, 11) is 1.38. The molecule has 0 saturated heterocycles. The van der Waals surface area contributed by atoms with Gasteiger partial charge in [-0.05, 0) is 31.5 Å². The summed E-state index contributed by atoms with van der Waals surface area (Å²) in [6.07, 6.45) is 0. The Balaban J connectivity index is 2.48. The van der Waals surface area contributed by atoms with Gasteiger partial charge in [-0.1, -0.05) is 12.1 Å². The van der Waals surface area contributed by atoms with E-state index in [1.54, 1.807) is 24.3 Å². The van der Waals surface area contributed by atoms with Gasteiger partial charge in [-0.25, -0.2) is 10.3 Å². The maximum Gasteiger partial charge on any atom is 0.315 e. The van der Waals surface area contributed by atoms with E-state index in [4.69, 9.17) is 0 Å². The molecule has 3 amide bonds.